The highest BCUT2D eigenvalue weighted by atomic mass is 35.5. The van der Waals surface area contributed by atoms with Crippen LogP contribution in [0.5, 0.6) is 0 Å². The molecular weight excluding hydrogens is 307 g/mol. The molecule has 4 nitrogen and oxygen atoms in total. The number of nitrogens with zero attached hydrogens (tertiary/aromatic N) is 2. The lowest BCUT2D eigenvalue weighted by Gasteiger charge is -2.09. The zero-order chi connectivity index (χ0) is 15.8. The molecule has 1 aromatic heterocycles. The largest absolute Gasteiger partial charge is 0.435 e. The van der Waals surface area contributed by atoms with E-state index in [2.05, 4.69) is 10.4 Å². The molecule has 0 fully saturated rings. The van der Waals surface area contributed by atoms with Crippen LogP contribution in [0.25, 0.3) is 0 Å². The number of carbonyl (C=O) groups excluding carboxylic acids is 1. The van der Waals surface area contributed by atoms with Gasteiger partial charge in [-0.15, -0.1) is 0 Å². The minimum absolute atomic E-state index is 0.390. The summed E-state index contributed by atoms with van der Waals surface area (Å²) in [5, 5.41) is 6.19. The fourth-order valence-electron chi connectivity index (χ4n) is 1.82. The van der Waals surface area contributed by atoms with E-state index in [0.717, 1.165) is 10.9 Å². The number of aryl methyl sites for hydroxylation is 2. The maximum atomic E-state index is 12.8. The summed E-state index contributed by atoms with van der Waals surface area (Å²) < 4.78 is 39.4. The lowest BCUT2D eigenvalue weighted by molar-refractivity contribution is -0.141. The minimum atomic E-state index is -4.69. The van der Waals surface area contributed by atoms with Gasteiger partial charge in [-0.1, -0.05) is 11.6 Å². The monoisotopic (exact) mass is 317 g/mol. The molecule has 1 N–H and O–H groups in total. The van der Waals surface area contributed by atoms with Crippen LogP contribution in [0.2, 0.25) is 5.02 Å². The van der Waals surface area contributed by atoms with Gasteiger partial charge in [0.2, 0.25) is 0 Å². The van der Waals surface area contributed by atoms with Crippen molar-refractivity contribution in [3.63, 3.8) is 0 Å². The minimum Gasteiger partial charge on any atom is -0.322 e. The Morgan fingerprint density at radius 1 is 1.38 bits per heavy atom. The average molecular weight is 318 g/mol. The number of rotatable bonds is 2. The predicted molar refractivity (Wildman–Crippen MR) is 72.4 cm³/mol. The third-order valence-corrected chi connectivity index (χ3v) is 3.01. The molecular formula is C13H11ClF3N3O. The first-order valence-electron chi connectivity index (χ1n) is 5.87. The van der Waals surface area contributed by atoms with Crippen LogP contribution in [0.15, 0.2) is 24.4 Å². The van der Waals surface area contributed by atoms with Gasteiger partial charge in [0.05, 0.1) is 5.56 Å². The molecule has 0 aliphatic rings. The molecule has 112 valence electrons. The molecule has 0 saturated carbocycles. The highest BCUT2D eigenvalue weighted by Crippen LogP contribution is 2.31. The van der Waals surface area contributed by atoms with E-state index >= 15 is 0 Å². The number of benzene rings is 1. The number of hydrogen-bond donors (Lipinski definition) is 1. The first-order valence-corrected chi connectivity index (χ1v) is 6.24. The molecule has 21 heavy (non-hydrogen) atoms. The van der Waals surface area contributed by atoms with E-state index in [0.29, 0.717) is 16.3 Å². The Bertz CT molecular complexity index is 694. The van der Waals surface area contributed by atoms with Crippen LogP contribution >= 0.6 is 11.6 Å². The summed E-state index contributed by atoms with van der Waals surface area (Å²) in [6, 6.07) is 4.67. The Hall–Kier alpha value is -2.02. The standard InChI is InChI=1S/C13H11ClF3N3O/c1-7-5-8(14)3-4-10(7)18-12(21)9-6-20(2)19-11(9)13(15,16)17/h3-6H,1-2H3,(H,18,21). The molecule has 8 heteroatoms. The van der Waals surface area contributed by atoms with Gasteiger partial charge >= 0.3 is 6.18 Å². The molecule has 1 heterocycles. The Kier molecular flexibility index (Phi) is 3.95. The van der Waals surface area contributed by atoms with Crippen molar-refractivity contribution < 1.29 is 18.0 Å². The number of aromatic nitrogens is 2. The predicted octanol–water partition coefficient (Wildman–Crippen LogP) is 3.65. The van der Waals surface area contributed by atoms with E-state index in [1.807, 2.05) is 0 Å². The van der Waals surface area contributed by atoms with Crippen LogP contribution in [0.3, 0.4) is 0 Å². The van der Waals surface area contributed by atoms with Crippen molar-refractivity contribution in [2.24, 2.45) is 7.05 Å². The van der Waals surface area contributed by atoms with Gasteiger partial charge in [0.15, 0.2) is 5.69 Å². The second-order valence-corrected chi connectivity index (χ2v) is 4.91. The van der Waals surface area contributed by atoms with Crippen molar-refractivity contribution in [1.29, 1.82) is 0 Å². The highest BCUT2D eigenvalue weighted by Gasteiger charge is 2.39. The maximum Gasteiger partial charge on any atom is 0.435 e. The second-order valence-electron chi connectivity index (χ2n) is 4.48. The third kappa shape index (κ3) is 3.36. The van der Waals surface area contributed by atoms with E-state index in [4.69, 9.17) is 11.6 Å². The maximum absolute atomic E-state index is 12.8. The van der Waals surface area contributed by atoms with E-state index in [1.165, 1.54) is 19.2 Å². The van der Waals surface area contributed by atoms with Crippen molar-refractivity contribution in [1.82, 2.24) is 9.78 Å². The van der Waals surface area contributed by atoms with Crippen molar-refractivity contribution >= 4 is 23.2 Å². The summed E-state index contributed by atoms with van der Waals surface area (Å²) in [7, 11) is 1.32. The van der Waals surface area contributed by atoms with Gasteiger partial charge in [-0.2, -0.15) is 18.3 Å². The number of amides is 1. The Morgan fingerprint density at radius 2 is 2.05 bits per heavy atom. The molecule has 2 rings (SSSR count). The van der Waals surface area contributed by atoms with Gasteiger partial charge in [-0.25, -0.2) is 0 Å². The van der Waals surface area contributed by atoms with Crippen molar-refractivity contribution in [2.45, 2.75) is 13.1 Å². The summed E-state index contributed by atoms with van der Waals surface area (Å²) >= 11 is 5.78. The summed E-state index contributed by atoms with van der Waals surface area (Å²) in [4.78, 5) is 12.0. The van der Waals surface area contributed by atoms with Crippen LogP contribution < -0.4 is 5.32 Å². The van der Waals surface area contributed by atoms with Crippen LogP contribution in [0.1, 0.15) is 21.6 Å². The highest BCUT2D eigenvalue weighted by molar-refractivity contribution is 6.30. The topological polar surface area (TPSA) is 46.9 Å². The zero-order valence-corrected chi connectivity index (χ0v) is 11.9. The smallest absolute Gasteiger partial charge is 0.322 e. The summed E-state index contributed by atoms with van der Waals surface area (Å²) in [6.07, 6.45) is -3.66. The van der Waals surface area contributed by atoms with Gasteiger partial charge < -0.3 is 5.32 Å². The van der Waals surface area contributed by atoms with E-state index < -0.39 is 23.3 Å². The normalized spacial score (nSPS) is 11.5. The number of hydrogen-bond acceptors (Lipinski definition) is 2. The number of anilines is 1. The second kappa shape index (κ2) is 5.40. The number of nitrogens with one attached hydrogen (secondary N) is 1. The van der Waals surface area contributed by atoms with Crippen LogP contribution in [-0.4, -0.2) is 15.7 Å². The Labute approximate surface area is 123 Å². The number of halogens is 4. The van der Waals surface area contributed by atoms with Crippen molar-refractivity contribution in [2.75, 3.05) is 5.32 Å². The first kappa shape index (κ1) is 15.4. The molecule has 0 bridgehead atoms. The SMILES string of the molecule is Cc1cc(Cl)ccc1NC(=O)c1cn(C)nc1C(F)(F)F. The van der Waals surface area contributed by atoms with Crippen LogP contribution in [0, 0.1) is 6.92 Å². The van der Waals surface area contributed by atoms with Gasteiger partial charge in [-0.3, -0.25) is 9.48 Å². The van der Waals surface area contributed by atoms with Gasteiger partial charge in [0.1, 0.15) is 0 Å². The van der Waals surface area contributed by atoms with E-state index in [1.54, 1.807) is 13.0 Å². The molecule has 0 aliphatic heterocycles. The summed E-state index contributed by atoms with van der Waals surface area (Å²) in [5.74, 6) is -0.874. The quantitative estimate of drug-likeness (QED) is 0.919. The average Bonchev–Trinajstić information content (AvgIpc) is 2.75. The van der Waals surface area contributed by atoms with E-state index in [-0.39, 0.29) is 0 Å². The summed E-state index contributed by atoms with van der Waals surface area (Å²) in [6.45, 7) is 1.69. The molecule has 0 aliphatic carbocycles. The lowest BCUT2D eigenvalue weighted by atomic mass is 10.1. The molecule has 0 radical (unpaired) electrons. The number of carbonyl (C=O) groups is 1. The first-order chi connectivity index (χ1) is 9.68. The van der Waals surface area contributed by atoms with Crippen LogP contribution in [-0.2, 0) is 13.2 Å². The lowest BCUT2D eigenvalue weighted by Crippen LogP contribution is -2.18. The molecule has 1 aromatic carbocycles. The molecule has 0 saturated heterocycles. The molecule has 1 amide bonds. The molecule has 0 atom stereocenters. The van der Waals surface area contributed by atoms with Gasteiger partial charge in [0.25, 0.3) is 5.91 Å². The Morgan fingerprint density at radius 3 is 2.62 bits per heavy atom. The van der Waals surface area contributed by atoms with Crippen LogP contribution in [0.4, 0.5) is 18.9 Å². The van der Waals surface area contributed by atoms with Crippen molar-refractivity contribution in [3.8, 4) is 0 Å². The Balaban J connectivity index is 2.33. The molecule has 2 aromatic rings. The van der Waals surface area contributed by atoms with Gasteiger partial charge in [0, 0.05) is 24.0 Å². The third-order valence-electron chi connectivity index (χ3n) is 2.78. The van der Waals surface area contributed by atoms with Crippen molar-refractivity contribution in [3.05, 3.63) is 46.2 Å². The summed E-state index contributed by atoms with van der Waals surface area (Å²) in [5.41, 5.74) is -0.705. The van der Waals surface area contributed by atoms with Gasteiger partial charge in [-0.05, 0) is 30.7 Å². The molecule has 0 spiro atoms. The fourth-order valence-corrected chi connectivity index (χ4v) is 2.05. The number of alkyl halides is 3. The fraction of sp³-hybridized carbons (Fsp3) is 0.231. The molecule has 0 unspecified atom stereocenters. The zero-order valence-electron chi connectivity index (χ0n) is 11.1. The van der Waals surface area contributed by atoms with E-state index in [9.17, 15) is 18.0 Å².